The largest absolute Gasteiger partial charge is 0.493 e. The quantitative estimate of drug-likeness (QED) is 0.210. The number of carbonyl (C=O) groups excluding carboxylic acids is 2. The smallest absolute Gasteiger partial charge is 0.227 e. The molecule has 2 aromatic carbocycles. The highest BCUT2D eigenvalue weighted by molar-refractivity contribution is 7.18. The maximum absolute atomic E-state index is 13.1. The summed E-state index contributed by atoms with van der Waals surface area (Å²) in [4.78, 5) is 27.7. The summed E-state index contributed by atoms with van der Waals surface area (Å²) in [6.45, 7) is 5.07. The van der Waals surface area contributed by atoms with E-state index in [1.54, 1.807) is 19.1 Å². The number of nitrogens with one attached hydrogen (secondary N) is 1. The van der Waals surface area contributed by atoms with Crippen LogP contribution in [-0.4, -0.2) is 54.2 Å². The van der Waals surface area contributed by atoms with Crippen LogP contribution in [0.15, 0.2) is 42.5 Å². The van der Waals surface area contributed by atoms with E-state index in [0.29, 0.717) is 42.6 Å². The van der Waals surface area contributed by atoms with Crippen LogP contribution in [0.2, 0.25) is 0 Å². The van der Waals surface area contributed by atoms with E-state index >= 15 is 0 Å². The molecule has 1 aromatic heterocycles. The minimum atomic E-state index is -0.186. The SMILES string of the molecule is CCCCCCCC(=O)N(CCC(=O)Nc1nnc(-c2cccc(C)c2)s1)CCc1ccc(OC)c(OC)c1. The normalized spacial score (nSPS) is 10.8. The molecule has 2 amide bonds. The zero-order valence-electron chi connectivity index (χ0n) is 23.5. The van der Waals surface area contributed by atoms with Gasteiger partial charge in [0, 0.05) is 31.5 Å². The van der Waals surface area contributed by atoms with Crippen molar-refractivity contribution < 1.29 is 19.1 Å². The zero-order chi connectivity index (χ0) is 28.0. The molecule has 1 N–H and O–H groups in total. The van der Waals surface area contributed by atoms with Crippen LogP contribution in [0, 0.1) is 6.92 Å². The van der Waals surface area contributed by atoms with Gasteiger partial charge in [-0.05, 0) is 43.5 Å². The van der Waals surface area contributed by atoms with Gasteiger partial charge in [-0.15, -0.1) is 10.2 Å². The maximum atomic E-state index is 13.1. The van der Waals surface area contributed by atoms with Gasteiger partial charge < -0.3 is 19.7 Å². The Balaban J connectivity index is 1.58. The molecule has 0 aliphatic carbocycles. The van der Waals surface area contributed by atoms with Gasteiger partial charge in [0.1, 0.15) is 5.01 Å². The van der Waals surface area contributed by atoms with Crippen molar-refractivity contribution in [2.45, 2.75) is 65.2 Å². The second-order valence-electron chi connectivity index (χ2n) is 9.56. The molecule has 1 heterocycles. The summed E-state index contributed by atoms with van der Waals surface area (Å²) >= 11 is 1.34. The zero-order valence-corrected chi connectivity index (χ0v) is 24.3. The molecule has 0 spiro atoms. The second kappa shape index (κ2) is 15.8. The molecule has 210 valence electrons. The van der Waals surface area contributed by atoms with Gasteiger partial charge in [-0.3, -0.25) is 9.59 Å². The van der Waals surface area contributed by atoms with E-state index in [4.69, 9.17) is 9.47 Å². The van der Waals surface area contributed by atoms with Gasteiger partial charge in [0.15, 0.2) is 11.5 Å². The van der Waals surface area contributed by atoms with Gasteiger partial charge in [0.2, 0.25) is 16.9 Å². The molecule has 0 aliphatic rings. The summed E-state index contributed by atoms with van der Waals surface area (Å²) in [7, 11) is 3.21. The first-order chi connectivity index (χ1) is 18.9. The summed E-state index contributed by atoms with van der Waals surface area (Å²) in [6, 6.07) is 13.8. The minimum Gasteiger partial charge on any atom is -0.493 e. The molecular weight excluding hydrogens is 512 g/mol. The molecule has 0 bridgehead atoms. The number of rotatable bonds is 16. The summed E-state index contributed by atoms with van der Waals surface area (Å²) < 4.78 is 10.7. The van der Waals surface area contributed by atoms with E-state index in [0.717, 1.165) is 41.0 Å². The number of carbonyl (C=O) groups is 2. The first kappa shape index (κ1) is 30.1. The number of benzene rings is 2. The van der Waals surface area contributed by atoms with Crippen LogP contribution in [0.3, 0.4) is 0 Å². The molecule has 0 saturated heterocycles. The number of methoxy groups -OCH3 is 2. The number of unbranched alkanes of at least 4 members (excludes halogenated alkanes) is 4. The van der Waals surface area contributed by atoms with Crippen molar-refractivity contribution in [3.63, 3.8) is 0 Å². The predicted octanol–water partition coefficient (Wildman–Crippen LogP) is 6.29. The van der Waals surface area contributed by atoms with Gasteiger partial charge in [-0.1, -0.05) is 73.8 Å². The van der Waals surface area contributed by atoms with Crippen LogP contribution in [0.1, 0.15) is 63.0 Å². The number of hydrogen-bond acceptors (Lipinski definition) is 7. The van der Waals surface area contributed by atoms with E-state index in [9.17, 15) is 9.59 Å². The van der Waals surface area contributed by atoms with E-state index in [1.165, 1.54) is 24.2 Å². The topological polar surface area (TPSA) is 93.7 Å². The van der Waals surface area contributed by atoms with Crippen molar-refractivity contribution in [1.82, 2.24) is 15.1 Å². The van der Waals surface area contributed by atoms with Crippen LogP contribution < -0.4 is 14.8 Å². The Morgan fingerprint density at radius 1 is 0.923 bits per heavy atom. The number of hydrogen-bond donors (Lipinski definition) is 1. The minimum absolute atomic E-state index is 0.0809. The Morgan fingerprint density at radius 3 is 2.46 bits per heavy atom. The van der Waals surface area contributed by atoms with Crippen molar-refractivity contribution in [3.05, 3.63) is 53.6 Å². The number of ether oxygens (including phenoxy) is 2. The van der Waals surface area contributed by atoms with Gasteiger partial charge in [-0.25, -0.2) is 0 Å². The molecule has 3 aromatic rings. The summed E-state index contributed by atoms with van der Waals surface area (Å²) in [5.41, 5.74) is 3.14. The molecule has 39 heavy (non-hydrogen) atoms. The van der Waals surface area contributed by atoms with Crippen molar-refractivity contribution in [2.24, 2.45) is 0 Å². The van der Waals surface area contributed by atoms with Gasteiger partial charge in [-0.2, -0.15) is 0 Å². The molecular formula is C30H40N4O4S. The van der Waals surface area contributed by atoms with Crippen LogP contribution in [0.25, 0.3) is 10.6 Å². The fourth-order valence-electron chi connectivity index (χ4n) is 4.29. The molecule has 0 atom stereocenters. The molecule has 0 fully saturated rings. The third-order valence-electron chi connectivity index (χ3n) is 6.51. The Hall–Kier alpha value is -3.46. The fraction of sp³-hybridized carbons (Fsp3) is 0.467. The molecule has 9 heteroatoms. The van der Waals surface area contributed by atoms with Gasteiger partial charge in [0.25, 0.3) is 0 Å². The number of aromatic nitrogens is 2. The molecule has 8 nitrogen and oxygen atoms in total. The van der Waals surface area contributed by atoms with Crippen LogP contribution in [-0.2, 0) is 16.0 Å². The van der Waals surface area contributed by atoms with E-state index in [-0.39, 0.29) is 18.2 Å². The van der Waals surface area contributed by atoms with Crippen molar-refractivity contribution in [3.8, 4) is 22.1 Å². The molecule has 3 rings (SSSR count). The van der Waals surface area contributed by atoms with Crippen LogP contribution in [0.4, 0.5) is 5.13 Å². The second-order valence-corrected chi connectivity index (χ2v) is 10.5. The standard InChI is InChI=1S/C30H40N4O4S/c1-5-6-7-8-9-13-28(36)34(18-16-23-14-15-25(37-3)26(21-23)38-4)19-17-27(35)31-30-33-32-29(39-30)24-12-10-11-22(2)20-24/h10-12,14-15,20-21H,5-9,13,16-19H2,1-4H3,(H,31,33,35). The third kappa shape index (κ3) is 9.66. The van der Waals surface area contributed by atoms with E-state index in [2.05, 4.69) is 22.4 Å². The first-order valence-corrected chi connectivity index (χ1v) is 14.4. The lowest BCUT2D eigenvalue weighted by molar-refractivity contribution is -0.131. The van der Waals surface area contributed by atoms with E-state index in [1.807, 2.05) is 49.4 Å². The highest BCUT2D eigenvalue weighted by atomic mass is 32.1. The van der Waals surface area contributed by atoms with Gasteiger partial charge >= 0.3 is 0 Å². The first-order valence-electron chi connectivity index (χ1n) is 13.6. The summed E-state index contributed by atoms with van der Waals surface area (Å²) in [5.74, 6) is 1.22. The lowest BCUT2D eigenvalue weighted by Crippen LogP contribution is -2.35. The number of aryl methyl sites for hydroxylation is 1. The van der Waals surface area contributed by atoms with Crippen molar-refractivity contribution in [2.75, 3.05) is 32.6 Å². The lowest BCUT2D eigenvalue weighted by atomic mass is 10.1. The Labute approximate surface area is 235 Å². The van der Waals surface area contributed by atoms with Crippen LogP contribution in [0.5, 0.6) is 11.5 Å². The average Bonchev–Trinajstić information content (AvgIpc) is 3.41. The summed E-state index contributed by atoms with van der Waals surface area (Å²) in [5, 5.41) is 12.4. The maximum Gasteiger partial charge on any atom is 0.227 e. The van der Waals surface area contributed by atoms with Crippen molar-refractivity contribution >= 4 is 28.3 Å². The average molecular weight is 553 g/mol. The van der Waals surface area contributed by atoms with E-state index < -0.39 is 0 Å². The lowest BCUT2D eigenvalue weighted by Gasteiger charge is -2.23. The fourth-order valence-corrected chi connectivity index (χ4v) is 5.04. The Morgan fingerprint density at radius 2 is 1.72 bits per heavy atom. The molecule has 0 unspecified atom stereocenters. The Kier molecular flexibility index (Phi) is 12.2. The number of anilines is 1. The van der Waals surface area contributed by atoms with Gasteiger partial charge in [0.05, 0.1) is 14.2 Å². The Bertz CT molecular complexity index is 1210. The van der Waals surface area contributed by atoms with Crippen molar-refractivity contribution in [1.29, 1.82) is 0 Å². The number of nitrogens with zero attached hydrogens (tertiary/aromatic N) is 3. The predicted molar refractivity (Wildman–Crippen MR) is 157 cm³/mol. The monoisotopic (exact) mass is 552 g/mol. The third-order valence-corrected chi connectivity index (χ3v) is 7.40. The number of amides is 2. The summed E-state index contributed by atoms with van der Waals surface area (Å²) in [6.07, 6.45) is 6.74. The molecule has 0 radical (unpaired) electrons. The highest BCUT2D eigenvalue weighted by Crippen LogP contribution is 2.28. The van der Waals surface area contributed by atoms with Crippen LogP contribution >= 0.6 is 11.3 Å². The molecule has 0 saturated carbocycles. The molecule has 0 aliphatic heterocycles. The highest BCUT2D eigenvalue weighted by Gasteiger charge is 2.17.